The molecule has 1 saturated carbocycles. The lowest BCUT2D eigenvalue weighted by Gasteiger charge is -2.31. The molecule has 0 atom stereocenters. The number of fused-ring (bicyclic) bond motifs is 1. The molecular formula is C18H21N3O2S. The molecular weight excluding hydrogens is 322 g/mol. The van der Waals surface area contributed by atoms with Crippen molar-refractivity contribution in [3.05, 3.63) is 23.8 Å². The molecule has 1 aliphatic carbocycles. The summed E-state index contributed by atoms with van der Waals surface area (Å²) in [5.41, 5.74) is 2.08. The molecule has 1 saturated heterocycles. The highest BCUT2D eigenvalue weighted by molar-refractivity contribution is 7.22. The summed E-state index contributed by atoms with van der Waals surface area (Å²) in [5, 5.41) is 3.64. The third kappa shape index (κ3) is 3.02. The van der Waals surface area contributed by atoms with Crippen LogP contribution < -0.4 is 5.32 Å². The highest BCUT2D eigenvalue weighted by Crippen LogP contribution is 2.33. The number of para-hydroxylation sites is 1. The second kappa shape index (κ2) is 6.16. The molecule has 126 valence electrons. The molecule has 1 aromatic heterocycles. The number of nitrogens with zero attached hydrogens (tertiary/aromatic N) is 2. The standard InChI is InChI=1S/C18H21N3O2S/c1-11-3-2-4-14-15(11)19-18(24-14)20-16(22)12-7-9-21(10-8-12)17(23)13-5-6-13/h2-4,12-13H,5-10H2,1H3,(H,19,20,22). The van der Waals surface area contributed by atoms with Crippen molar-refractivity contribution in [2.75, 3.05) is 18.4 Å². The monoisotopic (exact) mass is 343 g/mol. The maximum Gasteiger partial charge on any atom is 0.229 e. The van der Waals surface area contributed by atoms with Crippen molar-refractivity contribution < 1.29 is 9.59 Å². The van der Waals surface area contributed by atoms with Gasteiger partial charge in [-0.2, -0.15) is 0 Å². The smallest absolute Gasteiger partial charge is 0.229 e. The molecule has 0 unspecified atom stereocenters. The summed E-state index contributed by atoms with van der Waals surface area (Å²) in [5.74, 6) is 0.559. The first-order valence-corrected chi connectivity index (χ1v) is 9.39. The zero-order valence-electron chi connectivity index (χ0n) is 13.7. The number of piperidine rings is 1. The van der Waals surface area contributed by atoms with E-state index in [0.717, 1.165) is 41.5 Å². The molecule has 0 radical (unpaired) electrons. The number of amides is 2. The van der Waals surface area contributed by atoms with E-state index in [1.807, 2.05) is 30.0 Å². The average Bonchev–Trinajstić information content (AvgIpc) is 3.35. The predicted molar refractivity (Wildman–Crippen MR) is 95.0 cm³/mol. The Morgan fingerprint density at radius 2 is 1.92 bits per heavy atom. The van der Waals surface area contributed by atoms with E-state index in [4.69, 9.17) is 0 Å². The van der Waals surface area contributed by atoms with Gasteiger partial charge in [-0.3, -0.25) is 9.59 Å². The summed E-state index contributed by atoms with van der Waals surface area (Å²) in [6.07, 6.45) is 3.56. The van der Waals surface area contributed by atoms with E-state index >= 15 is 0 Å². The number of carbonyl (C=O) groups excluding carboxylic acids is 2. The van der Waals surface area contributed by atoms with Crippen molar-refractivity contribution in [2.24, 2.45) is 11.8 Å². The number of aromatic nitrogens is 1. The number of carbonyl (C=O) groups is 2. The summed E-state index contributed by atoms with van der Waals surface area (Å²) >= 11 is 1.51. The number of anilines is 1. The molecule has 0 bridgehead atoms. The van der Waals surface area contributed by atoms with Crippen molar-refractivity contribution in [1.29, 1.82) is 0 Å². The minimum atomic E-state index is -0.0265. The highest BCUT2D eigenvalue weighted by atomic mass is 32.1. The molecule has 5 nitrogen and oxygen atoms in total. The van der Waals surface area contributed by atoms with Crippen molar-refractivity contribution in [2.45, 2.75) is 32.6 Å². The molecule has 24 heavy (non-hydrogen) atoms. The lowest BCUT2D eigenvalue weighted by Crippen LogP contribution is -2.42. The second-order valence-electron chi connectivity index (χ2n) is 6.80. The van der Waals surface area contributed by atoms with Gasteiger partial charge in [-0.25, -0.2) is 4.98 Å². The van der Waals surface area contributed by atoms with Gasteiger partial charge in [0.25, 0.3) is 0 Å². The molecule has 2 fully saturated rings. The number of likely N-dealkylation sites (tertiary alicyclic amines) is 1. The third-order valence-corrected chi connectivity index (χ3v) is 5.89. The van der Waals surface area contributed by atoms with E-state index in [1.165, 1.54) is 11.3 Å². The fourth-order valence-electron chi connectivity index (χ4n) is 3.30. The Hall–Kier alpha value is -1.95. The van der Waals surface area contributed by atoms with Gasteiger partial charge in [-0.1, -0.05) is 23.5 Å². The summed E-state index contributed by atoms with van der Waals surface area (Å²) in [7, 11) is 0. The Kier molecular flexibility index (Phi) is 4.00. The maximum atomic E-state index is 12.5. The first-order valence-electron chi connectivity index (χ1n) is 8.57. The van der Waals surface area contributed by atoms with Crippen LogP contribution in [0.4, 0.5) is 5.13 Å². The van der Waals surface area contributed by atoms with Crippen LogP contribution in [0.5, 0.6) is 0 Å². The molecule has 2 amide bonds. The highest BCUT2D eigenvalue weighted by Gasteiger charge is 2.36. The molecule has 1 aliphatic heterocycles. The number of nitrogens with one attached hydrogen (secondary N) is 1. The van der Waals surface area contributed by atoms with Crippen LogP contribution in [-0.2, 0) is 9.59 Å². The number of aryl methyl sites for hydroxylation is 1. The SMILES string of the molecule is Cc1cccc2sc(NC(=O)C3CCN(C(=O)C4CC4)CC3)nc12. The van der Waals surface area contributed by atoms with Gasteiger partial charge in [-0.05, 0) is 44.2 Å². The minimum absolute atomic E-state index is 0.0265. The molecule has 2 heterocycles. The number of thiazole rings is 1. The van der Waals surface area contributed by atoms with E-state index in [-0.39, 0.29) is 23.7 Å². The van der Waals surface area contributed by atoms with Crippen LogP contribution in [0.15, 0.2) is 18.2 Å². The molecule has 1 N–H and O–H groups in total. The van der Waals surface area contributed by atoms with Gasteiger partial charge in [0.1, 0.15) is 0 Å². The first-order chi connectivity index (χ1) is 11.6. The Balaban J connectivity index is 1.37. The molecule has 4 rings (SSSR count). The minimum Gasteiger partial charge on any atom is -0.342 e. The lowest BCUT2D eigenvalue weighted by atomic mass is 9.95. The van der Waals surface area contributed by atoms with E-state index in [9.17, 15) is 9.59 Å². The first kappa shape index (κ1) is 15.6. The normalized spacial score (nSPS) is 18.8. The van der Waals surface area contributed by atoms with Crippen LogP contribution >= 0.6 is 11.3 Å². The van der Waals surface area contributed by atoms with Crippen LogP contribution in [0.3, 0.4) is 0 Å². The van der Waals surface area contributed by atoms with Crippen LogP contribution in [-0.4, -0.2) is 34.8 Å². The molecule has 2 aromatic rings. The summed E-state index contributed by atoms with van der Waals surface area (Å²) < 4.78 is 1.09. The summed E-state index contributed by atoms with van der Waals surface area (Å²) in [4.78, 5) is 31.1. The van der Waals surface area contributed by atoms with Crippen molar-refractivity contribution in [3.63, 3.8) is 0 Å². The van der Waals surface area contributed by atoms with Gasteiger partial charge < -0.3 is 10.2 Å². The Bertz CT molecular complexity index is 789. The molecule has 2 aliphatic rings. The quantitative estimate of drug-likeness (QED) is 0.931. The van der Waals surface area contributed by atoms with Gasteiger partial charge in [0.2, 0.25) is 11.8 Å². The van der Waals surface area contributed by atoms with E-state index in [0.29, 0.717) is 18.2 Å². The van der Waals surface area contributed by atoms with E-state index < -0.39 is 0 Å². The molecule has 6 heteroatoms. The van der Waals surface area contributed by atoms with Crippen molar-refractivity contribution in [1.82, 2.24) is 9.88 Å². The Labute approximate surface area is 145 Å². The topological polar surface area (TPSA) is 62.3 Å². The van der Waals surface area contributed by atoms with Gasteiger partial charge in [0.15, 0.2) is 5.13 Å². The number of benzene rings is 1. The maximum absolute atomic E-state index is 12.5. The Morgan fingerprint density at radius 1 is 1.17 bits per heavy atom. The predicted octanol–water partition coefficient (Wildman–Crippen LogP) is 3.19. The van der Waals surface area contributed by atoms with Gasteiger partial charge in [-0.15, -0.1) is 0 Å². The van der Waals surface area contributed by atoms with Crippen LogP contribution in [0.25, 0.3) is 10.2 Å². The average molecular weight is 343 g/mol. The third-order valence-electron chi connectivity index (χ3n) is 4.95. The van der Waals surface area contributed by atoms with Crippen molar-refractivity contribution in [3.8, 4) is 0 Å². The zero-order chi connectivity index (χ0) is 16.7. The summed E-state index contributed by atoms with van der Waals surface area (Å²) in [6, 6.07) is 6.06. The van der Waals surface area contributed by atoms with Crippen LogP contribution in [0.1, 0.15) is 31.2 Å². The fraction of sp³-hybridized carbons (Fsp3) is 0.500. The second-order valence-corrected chi connectivity index (χ2v) is 7.83. The molecule has 1 aromatic carbocycles. The van der Waals surface area contributed by atoms with Gasteiger partial charge >= 0.3 is 0 Å². The lowest BCUT2D eigenvalue weighted by molar-refractivity contribution is -0.135. The number of hydrogen-bond donors (Lipinski definition) is 1. The Morgan fingerprint density at radius 3 is 2.58 bits per heavy atom. The number of hydrogen-bond acceptors (Lipinski definition) is 4. The largest absolute Gasteiger partial charge is 0.342 e. The van der Waals surface area contributed by atoms with E-state index in [1.54, 1.807) is 0 Å². The van der Waals surface area contributed by atoms with Crippen LogP contribution in [0.2, 0.25) is 0 Å². The molecule has 0 spiro atoms. The van der Waals surface area contributed by atoms with Gasteiger partial charge in [0.05, 0.1) is 10.2 Å². The zero-order valence-corrected chi connectivity index (χ0v) is 14.6. The van der Waals surface area contributed by atoms with Crippen LogP contribution in [0, 0.1) is 18.8 Å². The van der Waals surface area contributed by atoms with Crippen molar-refractivity contribution >= 4 is 38.5 Å². The van der Waals surface area contributed by atoms with E-state index in [2.05, 4.69) is 10.3 Å². The summed E-state index contributed by atoms with van der Waals surface area (Å²) in [6.45, 7) is 3.43. The number of rotatable bonds is 3. The fourth-order valence-corrected chi connectivity index (χ4v) is 4.24. The van der Waals surface area contributed by atoms with Gasteiger partial charge in [0, 0.05) is 24.9 Å².